The van der Waals surface area contributed by atoms with Crippen LogP contribution >= 0.6 is 0 Å². The normalized spacial score (nSPS) is 22.2. The van der Waals surface area contributed by atoms with E-state index in [-0.39, 0.29) is 16.7 Å². The molecule has 174 valence electrons. The molecule has 31 heavy (non-hydrogen) atoms. The van der Waals surface area contributed by atoms with Crippen molar-refractivity contribution in [3.63, 3.8) is 0 Å². The van der Waals surface area contributed by atoms with Gasteiger partial charge in [-0.15, -0.1) is 0 Å². The summed E-state index contributed by atoms with van der Waals surface area (Å²) in [6, 6.07) is 3.93. The molecule has 1 N–H and O–H groups in total. The third kappa shape index (κ3) is 5.62. The summed E-state index contributed by atoms with van der Waals surface area (Å²) < 4.78 is 18.5. The molecule has 2 aliphatic rings. The van der Waals surface area contributed by atoms with Gasteiger partial charge in [-0.1, -0.05) is 26.8 Å². The summed E-state index contributed by atoms with van der Waals surface area (Å²) in [7, 11) is -0.717. The fourth-order valence-electron chi connectivity index (χ4n) is 4.04. The Balaban J connectivity index is 1.89. The van der Waals surface area contributed by atoms with Gasteiger partial charge in [0.25, 0.3) is 0 Å². The molecule has 6 nitrogen and oxygen atoms in total. The molecule has 0 saturated carbocycles. The summed E-state index contributed by atoms with van der Waals surface area (Å²) in [5.41, 5.74) is 1.79. The quantitative estimate of drug-likeness (QED) is 0.689. The maximum absolute atomic E-state index is 12.8. The number of hydrogen-bond acceptors (Lipinski definition) is 5. The molecule has 1 aromatic rings. The first-order valence-electron chi connectivity index (χ1n) is 11.3. The van der Waals surface area contributed by atoms with Gasteiger partial charge in [0, 0.05) is 5.56 Å². The van der Waals surface area contributed by atoms with Crippen molar-refractivity contribution >= 4 is 21.5 Å². The van der Waals surface area contributed by atoms with Gasteiger partial charge in [-0.05, 0) is 77.0 Å². The van der Waals surface area contributed by atoms with Gasteiger partial charge in [0.15, 0.2) is 9.76 Å². The van der Waals surface area contributed by atoms with Gasteiger partial charge in [-0.2, -0.15) is 0 Å². The second-order valence-corrected chi connectivity index (χ2v) is 14.2. The van der Waals surface area contributed by atoms with Crippen LogP contribution in [0.1, 0.15) is 79.4 Å². The van der Waals surface area contributed by atoms with Crippen molar-refractivity contribution in [2.45, 2.75) is 110 Å². The lowest BCUT2D eigenvalue weighted by atomic mass is 9.89. The third-order valence-corrected chi connectivity index (χ3v) is 7.46. The van der Waals surface area contributed by atoms with Crippen molar-refractivity contribution in [1.82, 2.24) is 0 Å². The smallest absolute Gasteiger partial charge is 0.416 e. The Bertz CT molecular complexity index is 824. The molecule has 1 amide bonds. The molecule has 0 spiro atoms. The van der Waals surface area contributed by atoms with Gasteiger partial charge in [0.1, 0.15) is 23.7 Å². The number of hydrogen-bond donors (Lipinski definition) is 1. The summed E-state index contributed by atoms with van der Waals surface area (Å²) in [6.07, 6.45) is 1.42. The van der Waals surface area contributed by atoms with E-state index in [4.69, 9.17) is 13.9 Å². The maximum Gasteiger partial charge on any atom is 0.416 e. The highest BCUT2D eigenvalue weighted by atomic mass is 28.2. The predicted octanol–water partition coefficient (Wildman–Crippen LogP) is 4.48. The Morgan fingerprint density at radius 2 is 1.77 bits per heavy atom. The average Bonchev–Trinajstić information content (AvgIpc) is 2.63. The van der Waals surface area contributed by atoms with Crippen LogP contribution in [0.15, 0.2) is 12.1 Å². The molecule has 0 aliphatic carbocycles. The molecule has 0 aromatic heterocycles. The van der Waals surface area contributed by atoms with Crippen LogP contribution in [0, 0.1) is 0 Å². The van der Waals surface area contributed by atoms with Gasteiger partial charge >= 0.3 is 6.09 Å². The van der Waals surface area contributed by atoms with E-state index in [0.29, 0.717) is 18.5 Å². The number of amides is 1. The predicted molar refractivity (Wildman–Crippen MR) is 126 cm³/mol. The topological polar surface area (TPSA) is 68.2 Å². The van der Waals surface area contributed by atoms with Crippen LogP contribution in [0.3, 0.4) is 0 Å². The van der Waals surface area contributed by atoms with E-state index in [1.54, 1.807) is 0 Å². The van der Waals surface area contributed by atoms with Crippen molar-refractivity contribution in [2.75, 3.05) is 4.90 Å². The highest BCUT2D eigenvalue weighted by Crippen LogP contribution is 2.43. The zero-order chi connectivity index (χ0) is 23.2. The standard InChI is InChI=1S/C24H39NO5Si/c1-22(2,3)29-21(27)25-17-12-9-15-10-13-18(24(7,8)30-31-23(4,5)6)28-20(15)16(17)11-14-19(25)26/h9,12,18-19,26H,10-11,13-14,31H2,1-8H3/t18-,19?/m1/s1. The lowest BCUT2D eigenvalue weighted by Gasteiger charge is -2.42. The Kier molecular flexibility index (Phi) is 6.53. The van der Waals surface area contributed by atoms with Crippen molar-refractivity contribution in [3.8, 4) is 5.75 Å². The van der Waals surface area contributed by atoms with E-state index >= 15 is 0 Å². The molecule has 0 radical (unpaired) electrons. The van der Waals surface area contributed by atoms with Crippen molar-refractivity contribution in [3.05, 3.63) is 23.3 Å². The second kappa shape index (κ2) is 8.41. The van der Waals surface area contributed by atoms with Gasteiger partial charge in [0.2, 0.25) is 0 Å². The Morgan fingerprint density at radius 3 is 2.39 bits per heavy atom. The van der Waals surface area contributed by atoms with Gasteiger partial charge in [0.05, 0.1) is 11.3 Å². The molecule has 1 aromatic carbocycles. The van der Waals surface area contributed by atoms with Crippen LogP contribution in [-0.4, -0.2) is 44.5 Å². The molecular weight excluding hydrogens is 410 g/mol. The van der Waals surface area contributed by atoms with Gasteiger partial charge < -0.3 is 19.0 Å². The maximum atomic E-state index is 12.8. The Morgan fingerprint density at radius 1 is 1.10 bits per heavy atom. The first kappa shape index (κ1) is 24.1. The molecule has 2 atom stereocenters. The fourth-order valence-corrected chi connectivity index (χ4v) is 5.03. The van der Waals surface area contributed by atoms with Crippen LogP contribution in [0.5, 0.6) is 5.75 Å². The largest absolute Gasteiger partial charge is 0.487 e. The molecular formula is C24H39NO5Si. The number of carbonyl (C=O) groups excluding carboxylic acids is 1. The summed E-state index contributed by atoms with van der Waals surface area (Å²) in [6.45, 7) is 16.4. The minimum atomic E-state index is -0.905. The monoisotopic (exact) mass is 449 g/mol. The SMILES string of the molecule is CC(C)(C)OC(=O)N1c2ccc3c(c2CCC1O)O[C@@H](C(C)(C)O[SiH2]C(C)(C)C)CC3. The summed E-state index contributed by atoms with van der Waals surface area (Å²) in [4.78, 5) is 14.2. The highest BCUT2D eigenvalue weighted by molar-refractivity contribution is 6.31. The minimum absolute atomic E-state index is 0.0526. The number of fused-ring (bicyclic) bond motifs is 3. The number of carbonyl (C=O) groups is 1. The summed E-state index contributed by atoms with van der Waals surface area (Å²) >= 11 is 0. The average molecular weight is 450 g/mol. The lowest BCUT2D eigenvalue weighted by Crippen LogP contribution is -2.48. The fraction of sp³-hybridized carbons (Fsp3) is 0.708. The van der Waals surface area contributed by atoms with Crippen LogP contribution in [0.2, 0.25) is 5.04 Å². The molecule has 0 bridgehead atoms. The minimum Gasteiger partial charge on any atom is -0.487 e. The molecule has 7 heteroatoms. The first-order valence-corrected chi connectivity index (χ1v) is 12.6. The van der Waals surface area contributed by atoms with Crippen molar-refractivity contribution < 1.29 is 23.8 Å². The summed E-state index contributed by atoms with van der Waals surface area (Å²) in [5.74, 6) is 0.850. The lowest BCUT2D eigenvalue weighted by molar-refractivity contribution is -0.0246. The van der Waals surface area contributed by atoms with Crippen LogP contribution < -0.4 is 9.64 Å². The Labute approximate surface area is 189 Å². The van der Waals surface area contributed by atoms with E-state index in [9.17, 15) is 9.90 Å². The number of ether oxygens (including phenoxy) is 2. The van der Waals surface area contributed by atoms with Crippen LogP contribution in [0.25, 0.3) is 0 Å². The van der Waals surface area contributed by atoms with Gasteiger partial charge in [-0.3, -0.25) is 4.90 Å². The van der Waals surface area contributed by atoms with E-state index in [1.165, 1.54) is 4.90 Å². The van der Waals surface area contributed by atoms with Crippen LogP contribution in [-0.2, 0) is 22.0 Å². The zero-order valence-corrected chi connectivity index (χ0v) is 21.8. The number of aryl methyl sites for hydroxylation is 1. The molecule has 2 aliphatic heterocycles. The van der Waals surface area contributed by atoms with Crippen LogP contribution in [0.4, 0.5) is 10.5 Å². The number of aliphatic hydroxyl groups excluding tert-OH is 1. The first-order chi connectivity index (χ1) is 14.2. The van der Waals surface area contributed by atoms with E-state index in [0.717, 1.165) is 29.7 Å². The highest BCUT2D eigenvalue weighted by Gasteiger charge is 2.40. The Hall–Kier alpha value is -1.57. The van der Waals surface area contributed by atoms with Crippen molar-refractivity contribution in [2.24, 2.45) is 0 Å². The number of rotatable bonds is 3. The number of nitrogens with zero attached hydrogens (tertiary/aromatic N) is 1. The zero-order valence-electron chi connectivity index (χ0n) is 20.4. The van der Waals surface area contributed by atoms with E-state index < -0.39 is 27.7 Å². The number of aliphatic hydroxyl groups is 1. The van der Waals surface area contributed by atoms with E-state index in [2.05, 4.69) is 34.6 Å². The molecule has 0 fully saturated rings. The number of benzene rings is 1. The molecule has 1 unspecified atom stereocenters. The molecule has 3 rings (SSSR count). The van der Waals surface area contributed by atoms with Crippen molar-refractivity contribution in [1.29, 1.82) is 0 Å². The van der Waals surface area contributed by atoms with E-state index in [1.807, 2.05) is 32.9 Å². The molecule has 2 heterocycles. The molecule has 0 saturated heterocycles. The third-order valence-electron chi connectivity index (χ3n) is 5.71. The second-order valence-electron chi connectivity index (χ2n) is 11.5. The number of anilines is 1. The van der Waals surface area contributed by atoms with Gasteiger partial charge in [-0.25, -0.2) is 4.79 Å². The summed E-state index contributed by atoms with van der Waals surface area (Å²) in [5, 5.41) is 10.8.